The maximum atomic E-state index is 15.0. The normalized spacial score (nSPS) is 24.7. The van der Waals surface area contributed by atoms with Crippen molar-refractivity contribution in [2.24, 2.45) is 11.3 Å². The van der Waals surface area contributed by atoms with Gasteiger partial charge in [-0.25, -0.2) is 13.1 Å². The SMILES string of the molecule is CC(C)Oc1ccccc1[C@@H]1CN([C@H]2COc3ccncc3C2)CCN1C1CC2(CCN(c3ccc(C(=O)NS(=O)(=O)c4cc5c(c([N+](=O)[O-])c4)N[C@H](C4CCOCC4)CO5)c(N4c5cc6cc[nH]c6nc5O[C@H]5COCC[C@@H]54)c3)CC2)C1. The Kier molecular flexibility index (Phi) is 14.1. The minimum Gasteiger partial charge on any atom is -0.492 e. The molecule has 3 N–H and O–H groups in total. The molecule has 8 aliphatic rings. The van der Waals surface area contributed by atoms with Crippen LogP contribution in [0.15, 0.2) is 96.3 Å². The number of nitrogens with one attached hydrogen (secondary N) is 3. The molecule has 7 aliphatic heterocycles. The third-order valence-corrected chi connectivity index (χ3v) is 20.1. The highest BCUT2D eigenvalue weighted by atomic mass is 32.2. The van der Waals surface area contributed by atoms with Gasteiger partial charge >= 0.3 is 0 Å². The van der Waals surface area contributed by atoms with Gasteiger partial charge in [0, 0.05) is 118 Å². The van der Waals surface area contributed by atoms with E-state index in [1.807, 2.05) is 42.7 Å². The molecule has 3 aromatic heterocycles. The summed E-state index contributed by atoms with van der Waals surface area (Å²) in [4.78, 5) is 48.8. The van der Waals surface area contributed by atoms with Gasteiger partial charge in [0.2, 0.25) is 5.88 Å². The number of ether oxygens (including phenoxy) is 6. The number of benzene rings is 3. The van der Waals surface area contributed by atoms with E-state index < -0.39 is 37.5 Å². The molecular formula is C61H70N10O11S. The van der Waals surface area contributed by atoms with E-state index in [0.29, 0.717) is 61.8 Å². The van der Waals surface area contributed by atoms with Crippen molar-refractivity contribution in [2.75, 3.05) is 87.5 Å². The fraction of sp³-hybridized carbons (Fsp3) is 0.492. The summed E-state index contributed by atoms with van der Waals surface area (Å²) in [5.41, 5.74) is 4.94. The number of anilines is 4. The van der Waals surface area contributed by atoms with Crippen LogP contribution < -0.4 is 38.8 Å². The molecule has 83 heavy (non-hydrogen) atoms. The zero-order valence-corrected chi connectivity index (χ0v) is 47.6. The Labute approximate surface area is 482 Å². The van der Waals surface area contributed by atoms with Crippen molar-refractivity contribution in [1.29, 1.82) is 0 Å². The Hall–Kier alpha value is -7.24. The average molecular weight is 1150 g/mol. The number of aromatic amines is 1. The molecule has 0 unspecified atom stereocenters. The highest BCUT2D eigenvalue weighted by Crippen LogP contribution is 2.54. The predicted molar refractivity (Wildman–Crippen MR) is 310 cm³/mol. The van der Waals surface area contributed by atoms with Crippen LogP contribution in [0.25, 0.3) is 11.0 Å². The lowest BCUT2D eigenvalue weighted by atomic mass is 9.59. The second kappa shape index (κ2) is 21.7. The molecule has 1 saturated carbocycles. The Balaban J connectivity index is 0.735. The predicted octanol–water partition coefficient (Wildman–Crippen LogP) is 8.17. The summed E-state index contributed by atoms with van der Waals surface area (Å²) in [6, 6.07) is 22.5. The molecular weight excluding hydrogens is 1080 g/mol. The highest BCUT2D eigenvalue weighted by Gasteiger charge is 2.51. The van der Waals surface area contributed by atoms with E-state index in [4.69, 9.17) is 33.4 Å². The monoisotopic (exact) mass is 1150 g/mol. The molecule has 0 bridgehead atoms. The minimum atomic E-state index is -4.72. The molecule has 6 aromatic rings. The van der Waals surface area contributed by atoms with Crippen molar-refractivity contribution in [2.45, 2.75) is 113 Å². The van der Waals surface area contributed by atoms with Crippen LogP contribution in [-0.2, 0) is 25.9 Å². The van der Waals surface area contributed by atoms with Gasteiger partial charge in [-0.1, -0.05) is 18.2 Å². The van der Waals surface area contributed by atoms with E-state index in [9.17, 15) is 23.3 Å². The number of nitrogens with zero attached hydrogens (tertiary/aromatic N) is 7. The third kappa shape index (κ3) is 10.2. The molecule has 1 spiro atoms. The number of piperidine rings is 1. The number of pyridine rings is 2. The van der Waals surface area contributed by atoms with Crippen LogP contribution in [0.5, 0.6) is 23.1 Å². The van der Waals surface area contributed by atoms with Gasteiger partial charge in [-0.05, 0) is 119 Å². The molecule has 5 fully saturated rings. The Morgan fingerprint density at radius 1 is 0.892 bits per heavy atom. The van der Waals surface area contributed by atoms with Crippen LogP contribution in [0.3, 0.4) is 0 Å². The number of aromatic nitrogens is 3. The van der Waals surface area contributed by atoms with E-state index in [-0.39, 0.29) is 71.8 Å². The summed E-state index contributed by atoms with van der Waals surface area (Å²) < 4.78 is 68.2. The lowest BCUT2D eigenvalue weighted by molar-refractivity contribution is -0.384. The van der Waals surface area contributed by atoms with Crippen LogP contribution in [0.4, 0.5) is 28.4 Å². The molecule has 1 amide bonds. The van der Waals surface area contributed by atoms with Gasteiger partial charge in [-0.3, -0.25) is 29.7 Å². The number of hydrogen-bond donors (Lipinski definition) is 3. The molecule has 436 valence electrons. The van der Waals surface area contributed by atoms with Crippen LogP contribution in [0, 0.1) is 21.4 Å². The van der Waals surface area contributed by atoms with Crippen molar-refractivity contribution in [3.8, 4) is 23.1 Å². The van der Waals surface area contributed by atoms with Gasteiger partial charge in [0.15, 0.2) is 11.4 Å². The number of amides is 1. The van der Waals surface area contributed by atoms with E-state index in [1.54, 1.807) is 12.3 Å². The average Bonchev–Trinajstić information content (AvgIpc) is 4.07. The van der Waals surface area contributed by atoms with Gasteiger partial charge in [0.05, 0.1) is 51.9 Å². The summed E-state index contributed by atoms with van der Waals surface area (Å²) in [7, 11) is -4.72. The lowest BCUT2D eigenvalue weighted by Crippen LogP contribution is -2.61. The quantitative estimate of drug-likeness (QED) is 0.0775. The van der Waals surface area contributed by atoms with Crippen LogP contribution in [-0.4, -0.2) is 153 Å². The first kappa shape index (κ1) is 53.7. The molecule has 4 saturated heterocycles. The van der Waals surface area contributed by atoms with Gasteiger partial charge in [-0.15, -0.1) is 0 Å². The number of sulfonamides is 1. The highest BCUT2D eigenvalue weighted by molar-refractivity contribution is 7.90. The minimum absolute atomic E-state index is 0.0243. The first-order valence-electron chi connectivity index (χ1n) is 29.4. The van der Waals surface area contributed by atoms with Crippen molar-refractivity contribution in [1.82, 2.24) is 29.5 Å². The first-order chi connectivity index (χ1) is 40.3. The van der Waals surface area contributed by atoms with E-state index in [1.165, 1.54) is 11.6 Å². The molecule has 0 radical (unpaired) electrons. The second-order valence-electron chi connectivity index (χ2n) is 24.1. The standard InChI is InChI=1S/C61H70N10O11S/c1-37(2)81-54-6-4-3-5-45(54)52-33-68(42-25-40-32-62-16-10-53(40)79-34-42)20-21-69(52)43-30-61(31-43)14-18-67(19-15-61)41-7-8-46(49(27-41)70-48-13-24-78-36-56(48)82-60-51(70)26-39-9-17-63-58(39)65-60)59(72)66-83(75,76)44-28-50(71(73)74)57-55(29-44)80-35-47(64-57)38-11-22-77-23-12-38/h3-10,16-17,26-29,32,37-38,42-43,47-48,52,56,64H,11-15,18-25,30-31,33-36H2,1-2H3,(H,63,65)(H,66,72)/t42-,47+,48+,52+,56+/m1/s1. The molecule has 3 aromatic carbocycles. The number of fused-ring (bicyclic) bond motifs is 5. The lowest BCUT2D eigenvalue weighted by Gasteiger charge is -2.58. The fourth-order valence-electron chi connectivity index (χ4n) is 14.5. The molecule has 1 aliphatic carbocycles. The first-order valence-corrected chi connectivity index (χ1v) is 30.9. The van der Waals surface area contributed by atoms with Gasteiger partial charge < -0.3 is 48.5 Å². The largest absolute Gasteiger partial charge is 0.492 e. The van der Waals surface area contributed by atoms with Gasteiger partial charge in [0.25, 0.3) is 21.6 Å². The van der Waals surface area contributed by atoms with E-state index >= 15 is 0 Å². The Morgan fingerprint density at radius 2 is 1.71 bits per heavy atom. The number of nitro benzene ring substituents is 1. The number of carbonyl (C=O) groups excluding carboxylic acids is 1. The Morgan fingerprint density at radius 3 is 2.54 bits per heavy atom. The summed E-state index contributed by atoms with van der Waals surface area (Å²) in [6.45, 7) is 11.2. The Bertz CT molecular complexity index is 3560. The number of carbonyl (C=O) groups is 1. The summed E-state index contributed by atoms with van der Waals surface area (Å²) in [5, 5.41) is 16.7. The van der Waals surface area contributed by atoms with Crippen molar-refractivity contribution in [3.05, 3.63) is 118 Å². The summed E-state index contributed by atoms with van der Waals surface area (Å²) in [6.07, 6.45) is 12.3. The molecule has 14 rings (SSSR count). The molecule has 22 heteroatoms. The van der Waals surface area contributed by atoms with E-state index in [0.717, 1.165) is 112 Å². The zero-order chi connectivity index (χ0) is 56.6. The number of rotatable bonds is 12. The van der Waals surface area contributed by atoms with Gasteiger partial charge in [0.1, 0.15) is 42.2 Å². The number of nitro groups is 1. The number of hydrogen-bond acceptors (Lipinski definition) is 18. The van der Waals surface area contributed by atoms with Crippen molar-refractivity contribution in [3.63, 3.8) is 0 Å². The van der Waals surface area contributed by atoms with Gasteiger partial charge in [-0.2, -0.15) is 4.98 Å². The number of para-hydroxylation sites is 1. The van der Waals surface area contributed by atoms with Crippen LogP contribution in [0.1, 0.15) is 86.3 Å². The van der Waals surface area contributed by atoms with Crippen molar-refractivity contribution >= 4 is 55.4 Å². The van der Waals surface area contributed by atoms with Crippen LogP contribution in [0.2, 0.25) is 0 Å². The second-order valence-corrected chi connectivity index (χ2v) is 25.7. The zero-order valence-electron chi connectivity index (χ0n) is 46.7. The number of piperazine rings is 1. The molecule has 21 nitrogen and oxygen atoms in total. The van der Waals surface area contributed by atoms with Crippen molar-refractivity contribution < 1.29 is 46.6 Å². The molecule has 5 atom stereocenters. The smallest absolute Gasteiger partial charge is 0.297 e. The third-order valence-electron chi connectivity index (χ3n) is 18.8. The fourth-order valence-corrected chi connectivity index (χ4v) is 15.5. The summed E-state index contributed by atoms with van der Waals surface area (Å²) >= 11 is 0. The topological polar surface area (TPSA) is 228 Å². The summed E-state index contributed by atoms with van der Waals surface area (Å²) in [5.74, 6) is 1.52. The van der Waals surface area contributed by atoms with E-state index in [2.05, 4.69) is 77.7 Å². The maximum Gasteiger partial charge on any atom is 0.297 e. The number of H-pyrrole nitrogens is 1. The molecule has 10 heterocycles. The maximum absolute atomic E-state index is 15.0. The van der Waals surface area contributed by atoms with Crippen LogP contribution >= 0.6 is 0 Å².